The normalized spacial score (nSPS) is 11.5. The van der Waals surface area contributed by atoms with Gasteiger partial charge in [-0.05, 0) is 78.5 Å². The van der Waals surface area contributed by atoms with Crippen LogP contribution in [-0.2, 0) is 6.42 Å². The number of phenols is 3. The third kappa shape index (κ3) is 4.30. The van der Waals surface area contributed by atoms with Crippen LogP contribution in [0.15, 0.2) is 133 Å². The molecule has 0 heterocycles. The number of benzene rings is 8. The number of methoxy groups -OCH3 is 1. The molecular formula is C42H30O4. The van der Waals surface area contributed by atoms with Crippen LogP contribution in [0.4, 0.5) is 0 Å². The van der Waals surface area contributed by atoms with Crippen LogP contribution in [0.25, 0.3) is 65.3 Å². The number of rotatable bonds is 5. The molecule has 4 heteroatoms. The van der Waals surface area contributed by atoms with Crippen LogP contribution in [0, 0.1) is 0 Å². The van der Waals surface area contributed by atoms with Gasteiger partial charge >= 0.3 is 0 Å². The summed E-state index contributed by atoms with van der Waals surface area (Å²) >= 11 is 0. The Hall–Kier alpha value is -6.00. The maximum Gasteiger partial charge on any atom is 0.127 e. The average Bonchev–Trinajstić information content (AvgIpc) is 3.09. The van der Waals surface area contributed by atoms with E-state index in [1.54, 1.807) is 13.2 Å². The topological polar surface area (TPSA) is 69.9 Å². The van der Waals surface area contributed by atoms with Gasteiger partial charge in [0.25, 0.3) is 0 Å². The molecule has 0 saturated heterocycles. The van der Waals surface area contributed by atoms with E-state index in [9.17, 15) is 15.3 Å². The van der Waals surface area contributed by atoms with E-state index in [4.69, 9.17) is 4.74 Å². The second kappa shape index (κ2) is 10.9. The minimum atomic E-state index is 0.0715. The highest BCUT2D eigenvalue weighted by molar-refractivity contribution is 6.12. The van der Waals surface area contributed by atoms with Crippen molar-refractivity contribution in [3.8, 4) is 45.3 Å². The van der Waals surface area contributed by atoms with Gasteiger partial charge in [0.05, 0.1) is 7.11 Å². The van der Waals surface area contributed by atoms with E-state index in [-0.39, 0.29) is 23.7 Å². The van der Waals surface area contributed by atoms with Crippen LogP contribution in [-0.4, -0.2) is 22.4 Å². The number of ether oxygens (including phenoxy) is 1. The lowest BCUT2D eigenvalue weighted by atomic mass is 9.86. The van der Waals surface area contributed by atoms with Gasteiger partial charge in [-0.15, -0.1) is 0 Å². The van der Waals surface area contributed by atoms with Gasteiger partial charge in [0, 0.05) is 28.7 Å². The Kier molecular flexibility index (Phi) is 6.50. The summed E-state index contributed by atoms with van der Waals surface area (Å²) in [4.78, 5) is 0. The molecule has 0 fully saturated rings. The van der Waals surface area contributed by atoms with Crippen molar-refractivity contribution in [2.45, 2.75) is 6.42 Å². The highest BCUT2D eigenvalue weighted by atomic mass is 16.5. The van der Waals surface area contributed by atoms with E-state index in [1.165, 1.54) is 0 Å². The molecule has 0 atom stereocenters. The van der Waals surface area contributed by atoms with Crippen LogP contribution in [0.1, 0.15) is 11.1 Å². The van der Waals surface area contributed by atoms with E-state index in [1.807, 2.05) is 121 Å². The molecular weight excluding hydrogens is 568 g/mol. The van der Waals surface area contributed by atoms with Crippen molar-refractivity contribution in [2.24, 2.45) is 0 Å². The molecule has 0 spiro atoms. The van der Waals surface area contributed by atoms with E-state index in [0.717, 1.165) is 48.7 Å². The maximum atomic E-state index is 12.2. The molecule has 0 amide bonds. The fourth-order valence-electron chi connectivity index (χ4n) is 6.97. The lowest BCUT2D eigenvalue weighted by Gasteiger charge is -2.20. The molecule has 0 bridgehead atoms. The zero-order chi connectivity index (χ0) is 31.4. The Labute approximate surface area is 266 Å². The summed E-state index contributed by atoms with van der Waals surface area (Å²) in [5.41, 5.74) is 3.97. The minimum absolute atomic E-state index is 0.0715. The van der Waals surface area contributed by atoms with Gasteiger partial charge in [0.15, 0.2) is 0 Å². The van der Waals surface area contributed by atoms with Crippen LogP contribution in [0.5, 0.6) is 23.0 Å². The van der Waals surface area contributed by atoms with Crippen molar-refractivity contribution in [1.82, 2.24) is 0 Å². The van der Waals surface area contributed by atoms with E-state index in [2.05, 4.69) is 6.07 Å². The van der Waals surface area contributed by atoms with Crippen molar-refractivity contribution >= 4 is 43.1 Å². The first-order chi connectivity index (χ1) is 22.5. The SMILES string of the molecule is COc1ccc2ccccc2c1-c1c(O)c(Cc2cc3ccccc3c(-c3c(O)ccc4ccccc34)c2O)cc2ccccc12. The van der Waals surface area contributed by atoms with Crippen LogP contribution in [0.2, 0.25) is 0 Å². The molecule has 0 radical (unpaired) electrons. The van der Waals surface area contributed by atoms with Crippen LogP contribution >= 0.6 is 0 Å². The summed E-state index contributed by atoms with van der Waals surface area (Å²) in [6, 6.07) is 43.3. The molecule has 0 aliphatic heterocycles. The molecule has 0 aromatic heterocycles. The minimum Gasteiger partial charge on any atom is -0.507 e. The van der Waals surface area contributed by atoms with Crippen molar-refractivity contribution < 1.29 is 20.1 Å². The van der Waals surface area contributed by atoms with Gasteiger partial charge < -0.3 is 20.1 Å². The molecule has 46 heavy (non-hydrogen) atoms. The lowest BCUT2D eigenvalue weighted by Crippen LogP contribution is -1.97. The average molecular weight is 599 g/mol. The molecule has 8 aromatic carbocycles. The molecule has 8 rings (SSSR count). The standard InChI is InChI=1S/C42H30O4/c1-46-36-21-19-26-11-3-7-15-32(26)38(36)40-34-17-9-5-13-28(34)23-30(42(40)45)24-29-22-27-12-4-8-16-33(27)39(41(29)44)37-31-14-6-2-10-25(31)18-20-35(37)43/h2-23,43-45H,24H2,1H3. The summed E-state index contributed by atoms with van der Waals surface area (Å²) < 4.78 is 5.87. The van der Waals surface area contributed by atoms with Crippen molar-refractivity contribution in [1.29, 1.82) is 0 Å². The predicted molar refractivity (Wildman–Crippen MR) is 188 cm³/mol. The van der Waals surface area contributed by atoms with Gasteiger partial charge in [-0.1, -0.05) is 109 Å². The smallest absolute Gasteiger partial charge is 0.127 e. The largest absolute Gasteiger partial charge is 0.507 e. The highest BCUT2D eigenvalue weighted by Gasteiger charge is 2.23. The number of fused-ring (bicyclic) bond motifs is 4. The molecule has 222 valence electrons. The Morgan fingerprint density at radius 1 is 0.435 bits per heavy atom. The summed E-state index contributed by atoms with van der Waals surface area (Å²) in [6.45, 7) is 0. The summed E-state index contributed by atoms with van der Waals surface area (Å²) in [5, 5.41) is 42.9. The van der Waals surface area contributed by atoms with Gasteiger partial charge in [-0.2, -0.15) is 0 Å². The first-order valence-electron chi connectivity index (χ1n) is 15.3. The fourth-order valence-corrected chi connectivity index (χ4v) is 6.97. The van der Waals surface area contributed by atoms with E-state index >= 15 is 0 Å². The predicted octanol–water partition coefficient (Wildman–Crippen LogP) is 10.3. The Bertz CT molecular complexity index is 2480. The second-order valence-electron chi connectivity index (χ2n) is 11.7. The molecule has 0 saturated carbocycles. The third-order valence-corrected chi connectivity index (χ3v) is 9.10. The van der Waals surface area contributed by atoms with E-state index < -0.39 is 0 Å². The maximum absolute atomic E-state index is 12.2. The third-order valence-electron chi connectivity index (χ3n) is 9.10. The Morgan fingerprint density at radius 3 is 1.37 bits per heavy atom. The fraction of sp³-hybridized carbons (Fsp3) is 0.0476. The molecule has 0 aliphatic carbocycles. The summed E-state index contributed by atoms with van der Waals surface area (Å²) in [7, 11) is 1.65. The monoisotopic (exact) mass is 598 g/mol. The van der Waals surface area contributed by atoms with Gasteiger partial charge in [0.1, 0.15) is 23.0 Å². The summed E-state index contributed by atoms with van der Waals surface area (Å²) in [5.74, 6) is 0.964. The van der Waals surface area contributed by atoms with Crippen molar-refractivity contribution in [3.05, 3.63) is 145 Å². The quantitative estimate of drug-likeness (QED) is 0.184. The number of hydrogen-bond acceptors (Lipinski definition) is 4. The zero-order valence-corrected chi connectivity index (χ0v) is 25.2. The van der Waals surface area contributed by atoms with Gasteiger partial charge in [0.2, 0.25) is 0 Å². The lowest BCUT2D eigenvalue weighted by molar-refractivity contribution is 0.416. The first-order valence-corrected chi connectivity index (χ1v) is 15.3. The molecule has 0 unspecified atom stereocenters. The number of aromatic hydroxyl groups is 3. The van der Waals surface area contributed by atoms with Crippen LogP contribution < -0.4 is 4.74 Å². The molecule has 4 nitrogen and oxygen atoms in total. The number of hydrogen-bond donors (Lipinski definition) is 3. The first kappa shape index (κ1) is 27.5. The van der Waals surface area contributed by atoms with Gasteiger partial charge in [-0.3, -0.25) is 0 Å². The van der Waals surface area contributed by atoms with Crippen molar-refractivity contribution in [2.75, 3.05) is 7.11 Å². The Balaban J connectivity index is 1.40. The van der Waals surface area contributed by atoms with Gasteiger partial charge in [-0.25, -0.2) is 0 Å². The van der Waals surface area contributed by atoms with Crippen molar-refractivity contribution in [3.63, 3.8) is 0 Å². The molecule has 3 N–H and O–H groups in total. The molecule has 0 aliphatic rings. The van der Waals surface area contributed by atoms with E-state index in [0.29, 0.717) is 33.6 Å². The Morgan fingerprint density at radius 2 is 0.848 bits per heavy atom. The zero-order valence-electron chi connectivity index (χ0n) is 25.2. The summed E-state index contributed by atoms with van der Waals surface area (Å²) in [6.07, 6.45) is 0.256. The van der Waals surface area contributed by atoms with Crippen LogP contribution in [0.3, 0.4) is 0 Å². The number of phenolic OH excluding ortho intramolecular Hbond substituents is 3. The second-order valence-corrected chi connectivity index (χ2v) is 11.7. The molecule has 8 aromatic rings. The highest BCUT2D eigenvalue weighted by Crippen LogP contribution is 2.49.